The summed E-state index contributed by atoms with van der Waals surface area (Å²) in [6.45, 7) is 2.64. The molecule has 2 heterocycles. The van der Waals surface area contributed by atoms with Crippen LogP contribution in [0.4, 0.5) is 0 Å². The molecule has 1 aromatic carbocycles. The number of sulfonamides is 1. The Kier molecular flexibility index (Phi) is 4.88. The van der Waals surface area contributed by atoms with Gasteiger partial charge in [0.1, 0.15) is 0 Å². The van der Waals surface area contributed by atoms with Gasteiger partial charge in [-0.2, -0.15) is 4.31 Å². The summed E-state index contributed by atoms with van der Waals surface area (Å²) in [4.78, 5) is 0.436. The van der Waals surface area contributed by atoms with Crippen LogP contribution in [0.25, 0.3) is 0 Å². The van der Waals surface area contributed by atoms with Crippen molar-refractivity contribution in [3.8, 4) is 0 Å². The van der Waals surface area contributed by atoms with Gasteiger partial charge in [0.15, 0.2) is 0 Å². The molecule has 2 aliphatic heterocycles. The van der Waals surface area contributed by atoms with E-state index in [-0.39, 0.29) is 6.04 Å². The average molecular weight is 344 g/mol. The first kappa shape index (κ1) is 15.7. The van der Waals surface area contributed by atoms with Gasteiger partial charge in [-0.15, -0.1) is 23.5 Å². The van der Waals surface area contributed by atoms with Crippen LogP contribution in [-0.2, 0) is 10.0 Å². The second-order valence-corrected chi connectivity index (χ2v) is 10.3. The minimum absolute atomic E-state index is 0.159. The lowest BCUT2D eigenvalue weighted by Gasteiger charge is -2.32. The molecule has 0 N–H and O–H groups in total. The van der Waals surface area contributed by atoms with Crippen LogP contribution in [0, 0.1) is 6.92 Å². The minimum Gasteiger partial charge on any atom is -0.207 e. The third-order valence-electron chi connectivity index (χ3n) is 4.04. The van der Waals surface area contributed by atoms with E-state index in [4.69, 9.17) is 0 Å². The van der Waals surface area contributed by atoms with Gasteiger partial charge in [0.05, 0.1) is 9.48 Å². The van der Waals surface area contributed by atoms with Crippen LogP contribution in [0.3, 0.4) is 0 Å². The zero-order chi connectivity index (χ0) is 14.9. The van der Waals surface area contributed by atoms with Crippen molar-refractivity contribution in [1.82, 2.24) is 4.31 Å². The van der Waals surface area contributed by atoms with Crippen LogP contribution >= 0.6 is 23.5 Å². The third-order valence-corrected chi connectivity index (χ3v) is 9.13. The second kappa shape index (κ2) is 6.52. The first-order valence-corrected chi connectivity index (χ1v) is 10.9. The van der Waals surface area contributed by atoms with Gasteiger partial charge in [-0.05, 0) is 49.8 Å². The lowest BCUT2D eigenvalue weighted by Crippen LogP contribution is -2.41. The molecule has 0 aromatic heterocycles. The van der Waals surface area contributed by atoms with Crippen LogP contribution in [0.5, 0.6) is 0 Å². The molecule has 6 heteroatoms. The summed E-state index contributed by atoms with van der Waals surface area (Å²) in [6.07, 6.45) is 3.21. The summed E-state index contributed by atoms with van der Waals surface area (Å²) in [5.74, 6) is 2.32. The van der Waals surface area contributed by atoms with Crippen molar-refractivity contribution in [1.29, 1.82) is 0 Å². The molecule has 0 spiro atoms. The molecule has 0 bridgehead atoms. The zero-order valence-electron chi connectivity index (χ0n) is 12.2. The lowest BCUT2D eigenvalue weighted by molar-refractivity contribution is 0.404. The fourth-order valence-corrected chi connectivity index (χ4v) is 8.01. The van der Waals surface area contributed by atoms with Crippen molar-refractivity contribution < 1.29 is 8.42 Å². The van der Waals surface area contributed by atoms with E-state index in [2.05, 4.69) is 0 Å². The number of rotatable bonds is 3. The van der Waals surface area contributed by atoms with Gasteiger partial charge in [0.25, 0.3) is 0 Å². The van der Waals surface area contributed by atoms with Gasteiger partial charge in [0, 0.05) is 12.6 Å². The Morgan fingerprint density at radius 2 is 1.76 bits per heavy atom. The maximum absolute atomic E-state index is 12.9. The molecule has 2 fully saturated rings. The van der Waals surface area contributed by atoms with Crippen molar-refractivity contribution in [3.63, 3.8) is 0 Å². The number of hydrogen-bond acceptors (Lipinski definition) is 4. The lowest BCUT2D eigenvalue weighted by atomic mass is 10.2. The predicted molar refractivity (Wildman–Crippen MR) is 91.4 cm³/mol. The van der Waals surface area contributed by atoms with Gasteiger partial charge >= 0.3 is 0 Å². The van der Waals surface area contributed by atoms with Crippen LogP contribution in [0.2, 0.25) is 0 Å². The van der Waals surface area contributed by atoms with Gasteiger partial charge in [0.2, 0.25) is 10.0 Å². The van der Waals surface area contributed by atoms with Gasteiger partial charge in [-0.3, -0.25) is 0 Å². The Balaban J connectivity index is 1.84. The highest BCUT2D eigenvalue weighted by Crippen LogP contribution is 2.40. The first-order chi connectivity index (χ1) is 10.1. The van der Waals surface area contributed by atoms with E-state index in [1.54, 1.807) is 16.4 Å². The predicted octanol–water partition coefficient (Wildman–Crippen LogP) is 3.34. The molecule has 0 amide bonds. The quantitative estimate of drug-likeness (QED) is 0.843. The Labute approximate surface area is 135 Å². The van der Waals surface area contributed by atoms with Crippen LogP contribution < -0.4 is 0 Å². The molecule has 1 atom stereocenters. The van der Waals surface area contributed by atoms with E-state index in [9.17, 15) is 8.42 Å². The van der Waals surface area contributed by atoms with E-state index in [1.807, 2.05) is 42.6 Å². The summed E-state index contributed by atoms with van der Waals surface area (Å²) < 4.78 is 28.0. The molecule has 0 radical (unpaired) electrons. The van der Waals surface area contributed by atoms with Gasteiger partial charge in [-0.25, -0.2) is 8.42 Å². The third kappa shape index (κ3) is 3.28. The van der Waals surface area contributed by atoms with E-state index in [0.717, 1.165) is 29.9 Å². The smallest absolute Gasteiger partial charge is 0.207 e. The van der Waals surface area contributed by atoms with E-state index in [0.29, 0.717) is 16.0 Å². The first-order valence-electron chi connectivity index (χ1n) is 7.41. The number of aryl methyl sites for hydroxylation is 1. The van der Waals surface area contributed by atoms with Crippen molar-refractivity contribution in [2.24, 2.45) is 0 Å². The second-order valence-electron chi connectivity index (χ2n) is 5.60. The maximum atomic E-state index is 12.9. The highest BCUT2D eigenvalue weighted by atomic mass is 32.2. The molecule has 21 heavy (non-hydrogen) atoms. The standard InChI is InChI=1S/C15H21NO2S3/c1-12-5-7-13(8-6-12)21(17,18)16-9-2-4-14(16)15-19-10-3-11-20-15/h5-8,14-15H,2-4,9-11H2,1H3/t14-/m1/s1. The van der Waals surface area contributed by atoms with Crippen molar-refractivity contribution in [3.05, 3.63) is 29.8 Å². The molecule has 2 aliphatic rings. The summed E-state index contributed by atoms with van der Waals surface area (Å²) in [5.41, 5.74) is 1.09. The van der Waals surface area contributed by atoms with Crippen molar-refractivity contribution in [2.45, 2.75) is 41.7 Å². The summed E-state index contributed by atoms with van der Waals surface area (Å²) in [5, 5.41) is 0. The molecule has 0 saturated carbocycles. The molecular formula is C15H21NO2S3. The van der Waals surface area contributed by atoms with Crippen LogP contribution in [0.1, 0.15) is 24.8 Å². The Bertz CT molecular complexity index is 579. The molecule has 2 saturated heterocycles. The Morgan fingerprint density at radius 1 is 1.10 bits per heavy atom. The highest BCUT2D eigenvalue weighted by molar-refractivity contribution is 8.17. The topological polar surface area (TPSA) is 37.4 Å². The molecule has 1 aromatic rings. The minimum atomic E-state index is -3.35. The molecule has 0 unspecified atom stereocenters. The van der Waals surface area contributed by atoms with Crippen molar-refractivity contribution >= 4 is 33.5 Å². The molecule has 0 aliphatic carbocycles. The maximum Gasteiger partial charge on any atom is 0.243 e. The van der Waals surface area contributed by atoms with Crippen molar-refractivity contribution in [2.75, 3.05) is 18.1 Å². The fourth-order valence-electron chi connectivity index (χ4n) is 2.91. The van der Waals surface area contributed by atoms with Crippen LogP contribution in [-0.4, -0.2) is 41.4 Å². The Hall–Kier alpha value is -0.170. The number of hydrogen-bond donors (Lipinski definition) is 0. The summed E-state index contributed by atoms with van der Waals surface area (Å²) >= 11 is 3.87. The fraction of sp³-hybridized carbons (Fsp3) is 0.600. The van der Waals surface area contributed by atoms with Gasteiger partial charge in [-0.1, -0.05) is 17.7 Å². The number of nitrogens with zero attached hydrogens (tertiary/aromatic N) is 1. The summed E-state index contributed by atoms with van der Waals surface area (Å²) in [6, 6.07) is 7.39. The van der Waals surface area contributed by atoms with E-state index < -0.39 is 10.0 Å². The number of benzene rings is 1. The molecule has 3 nitrogen and oxygen atoms in total. The van der Waals surface area contributed by atoms with E-state index >= 15 is 0 Å². The van der Waals surface area contributed by atoms with Crippen LogP contribution in [0.15, 0.2) is 29.2 Å². The monoisotopic (exact) mass is 343 g/mol. The summed E-state index contributed by atoms with van der Waals surface area (Å²) in [7, 11) is -3.35. The number of thioether (sulfide) groups is 2. The molecule has 116 valence electrons. The molecular weight excluding hydrogens is 322 g/mol. The van der Waals surface area contributed by atoms with E-state index in [1.165, 1.54) is 6.42 Å². The highest BCUT2D eigenvalue weighted by Gasteiger charge is 2.40. The SMILES string of the molecule is Cc1ccc(S(=O)(=O)N2CCC[C@@H]2C2SCCCS2)cc1. The normalized spacial score (nSPS) is 25.3. The zero-order valence-corrected chi connectivity index (χ0v) is 14.6. The average Bonchev–Trinajstić information content (AvgIpc) is 2.99. The molecule has 3 rings (SSSR count). The Morgan fingerprint density at radius 3 is 2.43 bits per heavy atom. The van der Waals surface area contributed by atoms with Gasteiger partial charge < -0.3 is 0 Å². The largest absolute Gasteiger partial charge is 0.243 e.